The number of hydrogen-bond donors (Lipinski definition) is 1. The fourth-order valence-electron chi connectivity index (χ4n) is 1.04. The van der Waals surface area contributed by atoms with Crippen LogP contribution in [0.5, 0.6) is 0 Å². The van der Waals surface area contributed by atoms with Crippen LogP contribution in [0.2, 0.25) is 0 Å². The first kappa shape index (κ1) is 9.29. The van der Waals surface area contributed by atoms with Gasteiger partial charge in [-0.05, 0) is 17.7 Å². The van der Waals surface area contributed by atoms with Crippen LogP contribution in [0.15, 0.2) is 35.4 Å². The first-order valence-electron chi connectivity index (χ1n) is 3.51. The molecule has 56 valence electrons. The molecule has 1 N–H and O–H groups in total. The number of nitrogens with one attached hydrogen (secondary N) is 1. The number of nitrogens with zero attached hydrogens (tertiary/aromatic N) is 1. The molecule has 0 aromatic heterocycles. The van der Waals surface area contributed by atoms with Crippen molar-refractivity contribution in [1.82, 2.24) is 0 Å². The van der Waals surface area contributed by atoms with E-state index in [4.69, 9.17) is 0 Å². The van der Waals surface area contributed by atoms with E-state index in [1.165, 1.54) is 5.56 Å². The standard InChI is InChI=1S/C9H8N2.Mg/c1-2-6-9-8(4-1)5-3-7-10-11-9;/h1-7,11H;. The summed E-state index contributed by atoms with van der Waals surface area (Å²) in [6.07, 6.45) is 5.68. The molecule has 0 aliphatic carbocycles. The summed E-state index contributed by atoms with van der Waals surface area (Å²) in [5.41, 5.74) is 5.16. The molecule has 0 fully saturated rings. The summed E-state index contributed by atoms with van der Waals surface area (Å²) in [6.45, 7) is 0. The average Bonchev–Trinajstić information content (AvgIpc) is 2.28. The molecular weight excluding hydrogens is 160 g/mol. The molecule has 1 aliphatic rings. The zero-order chi connectivity index (χ0) is 7.52. The molecule has 3 heteroatoms. The summed E-state index contributed by atoms with van der Waals surface area (Å²) < 4.78 is 0. The molecule has 2 rings (SSSR count). The van der Waals surface area contributed by atoms with Crippen molar-refractivity contribution in [3.05, 3.63) is 35.9 Å². The summed E-state index contributed by atoms with van der Waals surface area (Å²) in [4.78, 5) is 0. The lowest BCUT2D eigenvalue weighted by molar-refractivity contribution is 1.36. The van der Waals surface area contributed by atoms with Gasteiger partial charge in [0.05, 0.1) is 5.69 Å². The smallest absolute Gasteiger partial charge is 0.0634 e. The fourth-order valence-corrected chi connectivity index (χ4v) is 1.04. The quantitative estimate of drug-likeness (QED) is 0.586. The van der Waals surface area contributed by atoms with Crippen LogP contribution in [0.25, 0.3) is 6.08 Å². The third-order valence-electron chi connectivity index (χ3n) is 1.58. The lowest BCUT2D eigenvalue weighted by Gasteiger charge is -2.00. The highest BCUT2D eigenvalue weighted by Crippen LogP contribution is 2.17. The second-order valence-corrected chi connectivity index (χ2v) is 2.34. The minimum Gasteiger partial charge on any atom is -0.278 e. The summed E-state index contributed by atoms with van der Waals surface area (Å²) in [6, 6.07) is 8.05. The van der Waals surface area contributed by atoms with Crippen molar-refractivity contribution >= 4 is 41.0 Å². The number of allylic oxidation sites excluding steroid dienone is 1. The first-order chi connectivity index (χ1) is 5.47. The van der Waals surface area contributed by atoms with E-state index in [1.54, 1.807) is 6.21 Å². The van der Waals surface area contributed by atoms with Crippen molar-refractivity contribution in [2.24, 2.45) is 5.10 Å². The highest BCUT2D eigenvalue weighted by molar-refractivity contribution is 5.83. The van der Waals surface area contributed by atoms with Gasteiger partial charge in [-0.15, -0.1) is 0 Å². The second kappa shape index (κ2) is 4.28. The summed E-state index contributed by atoms with van der Waals surface area (Å²) in [5, 5.41) is 3.95. The molecule has 0 unspecified atom stereocenters. The number of anilines is 1. The molecule has 0 saturated heterocycles. The van der Waals surface area contributed by atoms with Crippen LogP contribution in [0, 0.1) is 0 Å². The molecule has 0 atom stereocenters. The maximum Gasteiger partial charge on any atom is 0.0634 e. The fraction of sp³-hybridized carbons (Fsp3) is 0. The van der Waals surface area contributed by atoms with E-state index in [0.717, 1.165) is 5.69 Å². The highest BCUT2D eigenvalue weighted by Gasteiger charge is 1.96. The molecule has 0 spiro atoms. The summed E-state index contributed by atoms with van der Waals surface area (Å²) in [5.74, 6) is 0. The van der Waals surface area contributed by atoms with Crippen molar-refractivity contribution in [2.45, 2.75) is 0 Å². The predicted molar refractivity (Wildman–Crippen MR) is 53.3 cm³/mol. The molecule has 1 aromatic carbocycles. The van der Waals surface area contributed by atoms with Gasteiger partial charge in [0.2, 0.25) is 0 Å². The monoisotopic (exact) mass is 168 g/mol. The molecular formula is C9H8MgN2. The van der Waals surface area contributed by atoms with Crippen LogP contribution < -0.4 is 5.43 Å². The van der Waals surface area contributed by atoms with Gasteiger partial charge in [0, 0.05) is 29.3 Å². The Bertz CT molecular complexity index is 318. The molecule has 1 aliphatic heterocycles. The van der Waals surface area contributed by atoms with E-state index in [-0.39, 0.29) is 23.1 Å². The molecule has 0 bridgehead atoms. The summed E-state index contributed by atoms with van der Waals surface area (Å²) in [7, 11) is 0. The zero-order valence-electron chi connectivity index (χ0n) is 6.70. The van der Waals surface area contributed by atoms with Gasteiger partial charge in [0.15, 0.2) is 0 Å². The molecule has 12 heavy (non-hydrogen) atoms. The molecule has 1 aromatic rings. The molecule has 0 amide bonds. The Hall–Kier alpha value is -0.804. The minimum absolute atomic E-state index is 0. The van der Waals surface area contributed by atoms with Gasteiger partial charge in [0.25, 0.3) is 0 Å². The number of benzene rings is 1. The average molecular weight is 168 g/mol. The minimum atomic E-state index is 0. The Morgan fingerprint density at radius 2 is 2.00 bits per heavy atom. The third-order valence-corrected chi connectivity index (χ3v) is 1.58. The van der Waals surface area contributed by atoms with Crippen LogP contribution >= 0.6 is 0 Å². The molecule has 2 radical (unpaired) electrons. The van der Waals surface area contributed by atoms with Crippen LogP contribution in [0.3, 0.4) is 0 Å². The lowest BCUT2D eigenvalue weighted by atomic mass is 10.2. The number of fused-ring (bicyclic) bond motifs is 1. The largest absolute Gasteiger partial charge is 0.278 e. The predicted octanol–water partition coefficient (Wildman–Crippen LogP) is 1.73. The normalized spacial score (nSPS) is 12.3. The number of rotatable bonds is 0. The van der Waals surface area contributed by atoms with Gasteiger partial charge in [0.1, 0.15) is 0 Å². The maximum atomic E-state index is 3.95. The van der Waals surface area contributed by atoms with E-state index >= 15 is 0 Å². The Balaban J connectivity index is 0.000000720. The highest BCUT2D eigenvalue weighted by atomic mass is 24.3. The SMILES string of the molecule is C1=Cc2ccccc2NN=C1.[Mg]. The van der Waals surface area contributed by atoms with E-state index in [9.17, 15) is 0 Å². The van der Waals surface area contributed by atoms with E-state index < -0.39 is 0 Å². The molecule has 2 nitrogen and oxygen atoms in total. The summed E-state index contributed by atoms with van der Waals surface area (Å²) >= 11 is 0. The molecule has 0 saturated carbocycles. The van der Waals surface area contributed by atoms with Crippen molar-refractivity contribution in [1.29, 1.82) is 0 Å². The van der Waals surface area contributed by atoms with Gasteiger partial charge in [-0.2, -0.15) is 5.10 Å². The number of hydrazone groups is 1. The van der Waals surface area contributed by atoms with Gasteiger partial charge >= 0.3 is 0 Å². The van der Waals surface area contributed by atoms with Gasteiger partial charge < -0.3 is 0 Å². The topological polar surface area (TPSA) is 24.4 Å². The Kier molecular flexibility index (Phi) is 3.31. The lowest BCUT2D eigenvalue weighted by Crippen LogP contribution is -1.87. The van der Waals surface area contributed by atoms with Crippen molar-refractivity contribution in [2.75, 3.05) is 5.43 Å². The van der Waals surface area contributed by atoms with Crippen molar-refractivity contribution in [3.8, 4) is 0 Å². The van der Waals surface area contributed by atoms with Crippen LogP contribution in [0.1, 0.15) is 5.56 Å². The zero-order valence-corrected chi connectivity index (χ0v) is 8.11. The molecule has 1 heterocycles. The van der Waals surface area contributed by atoms with Gasteiger partial charge in [-0.1, -0.05) is 24.3 Å². The third kappa shape index (κ3) is 1.87. The maximum absolute atomic E-state index is 3.95. The van der Waals surface area contributed by atoms with Crippen LogP contribution in [-0.4, -0.2) is 29.3 Å². The van der Waals surface area contributed by atoms with Crippen molar-refractivity contribution in [3.63, 3.8) is 0 Å². The second-order valence-electron chi connectivity index (χ2n) is 2.34. The van der Waals surface area contributed by atoms with Crippen LogP contribution in [0.4, 0.5) is 5.69 Å². The van der Waals surface area contributed by atoms with Gasteiger partial charge in [-0.3, -0.25) is 5.43 Å². The Morgan fingerprint density at radius 1 is 1.17 bits per heavy atom. The van der Waals surface area contributed by atoms with Crippen molar-refractivity contribution < 1.29 is 0 Å². The number of hydrogen-bond acceptors (Lipinski definition) is 2. The van der Waals surface area contributed by atoms with E-state index in [2.05, 4.69) is 10.5 Å². The Morgan fingerprint density at radius 3 is 2.92 bits per heavy atom. The first-order valence-corrected chi connectivity index (χ1v) is 3.51. The van der Waals surface area contributed by atoms with E-state index in [0.29, 0.717) is 0 Å². The Labute approximate surface area is 87.5 Å². The number of para-hydroxylation sites is 1. The van der Waals surface area contributed by atoms with E-state index in [1.807, 2.05) is 36.4 Å². The van der Waals surface area contributed by atoms with Gasteiger partial charge in [-0.25, -0.2) is 0 Å². The van der Waals surface area contributed by atoms with Crippen LogP contribution in [-0.2, 0) is 0 Å².